The third-order valence-electron chi connectivity index (χ3n) is 3.68. The van der Waals surface area contributed by atoms with Gasteiger partial charge in [0.1, 0.15) is 4.99 Å². The van der Waals surface area contributed by atoms with Crippen molar-refractivity contribution >= 4 is 27.0 Å². The molecule has 1 saturated heterocycles. The highest BCUT2D eigenvalue weighted by Crippen LogP contribution is 2.21. The first kappa shape index (κ1) is 16.4. The molecule has 0 spiro atoms. The number of nitrogens with two attached hydrogens (primary N) is 1. The lowest BCUT2D eigenvalue weighted by atomic mass is 10.1. The average molecular weight is 328 g/mol. The van der Waals surface area contributed by atoms with E-state index in [1.54, 1.807) is 25.1 Å². The summed E-state index contributed by atoms with van der Waals surface area (Å²) in [6, 6.07) is 6.40. The summed E-state index contributed by atoms with van der Waals surface area (Å²) in [5.41, 5.74) is 5.37. The molecule has 116 valence electrons. The molecule has 2 rings (SSSR count). The Balaban J connectivity index is 2.05. The number of β-amino-alcohol motifs (C(OH)–C–C–N with tert-alkyl or cyclic N) is 1. The predicted molar refractivity (Wildman–Crippen MR) is 86.1 cm³/mol. The van der Waals surface area contributed by atoms with E-state index in [0.29, 0.717) is 25.1 Å². The number of sulfone groups is 1. The largest absolute Gasteiger partial charge is 0.389 e. The van der Waals surface area contributed by atoms with E-state index in [4.69, 9.17) is 18.0 Å². The van der Waals surface area contributed by atoms with Crippen LogP contribution in [0.15, 0.2) is 29.2 Å². The number of hydrogen-bond acceptors (Lipinski definition) is 5. The van der Waals surface area contributed by atoms with E-state index in [2.05, 4.69) is 0 Å². The van der Waals surface area contributed by atoms with Crippen LogP contribution in [0.4, 0.5) is 0 Å². The number of benzene rings is 1. The summed E-state index contributed by atoms with van der Waals surface area (Å²) in [5, 5.41) is 9.89. The van der Waals surface area contributed by atoms with Gasteiger partial charge in [0.2, 0.25) is 0 Å². The van der Waals surface area contributed by atoms with Crippen molar-refractivity contribution in [3.8, 4) is 0 Å². The van der Waals surface area contributed by atoms with Crippen LogP contribution in [-0.4, -0.2) is 54.4 Å². The summed E-state index contributed by atoms with van der Waals surface area (Å²) in [6.07, 6.45) is 0.671. The Morgan fingerprint density at radius 3 is 2.81 bits per heavy atom. The summed E-state index contributed by atoms with van der Waals surface area (Å²) >= 11 is 4.87. The Hall–Kier alpha value is -1.02. The van der Waals surface area contributed by atoms with Crippen molar-refractivity contribution in [2.24, 2.45) is 5.73 Å². The number of nitrogens with zero attached hydrogens (tertiary/aromatic N) is 1. The number of thiocarbonyl (C=S) groups is 1. The minimum atomic E-state index is -3.38. The van der Waals surface area contributed by atoms with Gasteiger partial charge in [0.15, 0.2) is 9.84 Å². The van der Waals surface area contributed by atoms with E-state index >= 15 is 0 Å². The van der Waals surface area contributed by atoms with Gasteiger partial charge >= 0.3 is 0 Å². The van der Waals surface area contributed by atoms with Crippen LogP contribution in [-0.2, 0) is 9.84 Å². The Morgan fingerprint density at radius 2 is 2.24 bits per heavy atom. The number of rotatable bonds is 5. The standard InChI is InChI=1S/C14H20N2O3S2/c1-14(17)5-6-16(10-14)7-8-21(18,19)12-4-2-3-11(9-12)13(15)20/h2-4,9,17H,5-8,10H2,1H3,(H2,15,20). The third kappa shape index (κ3) is 4.23. The lowest BCUT2D eigenvalue weighted by Gasteiger charge is -2.18. The zero-order valence-electron chi connectivity index (χ0n) is 11.9. The summed E-state index contributed by atoms with van der Waals surface area (Å²) < 4.78 is 24.7. The smallest absolute Gasteiger partial charge is 0.179 e. The maximum absolute atomic E-state index is 12.4. The third-order valence-corrected chi connectivity index (χ3v) is 5.61. The van der Waals surface area contributed by atoms with E-state index in [1.165, 1.54) is 6.07 Å². The zero-order chi connectivity index (χ0) is 15.7. The first-order valence-corrected chi connectivity index (χ1v) is 8.83. The molecule has 5 nitrogen and oxygen atoms in total. The molecular formula is C14H20N2O3S2. The molecular weight excluding hydrogens is 308 g/mol. The van der Waals surface area contributed by atoms with Crippen molar-refractivity contribution in [3.05, 3.63) is 29.8 Å². The SMILES string of the molecule is CC1(O)CCN(CCS(=O)(=O)c2cccc(C(N)=S)c2)C1. The highest BCUT2D eigenvalue weighted by Gasteiger charge is 2.31. The lowest BCUT2D eigenvalue weighted by molar-refractivity contribution is 0.0696. The summed E-state index contributed by atoms with van der Waals surface area (Å²) in [4.78, 5) is 2.39. The maximum Gasteiger partial charge on any atom is 0.179 e. The van der Waals surface area contributed by atoms with Crippen molar-refractivity contribution in [3.63, 3.8) is 0 Å². The topological polar surface area (TPSA) is 83.6 Å². The fraction of sp³-hybridized carbons (Fsp3) is 0.500. The van der Waals surface area contributed by atoms with Gasteiger partial charge in [-0.1, -0.05) is 24.4 Å². The van der Waals surface area contributed by atoms with Crippen LogP contribution in [0.2, 0.25) is 0 Å². The minimum Gasteiger partial charge on any atom is -0.389 e. The molecule has 0 aromatic heterocycles. The van der Waals surface area contributed by atoms with Crippen LogP contribution < -0.4 is 5.73 Å². The van der Waals surface area contributed by atoms with Crippen LogP contribution in [0.5, 0.6) is 0 Å². The minimum absolute atomic E-state index is 0.0177. The molecule has 0 bridgehead atoms. The van der Waals surface area contributed by atoms with Crippen molar-refractivity contribution in [2.75, 3.05) is 25.4 Å². The molecule has 0 aliphatic carbocycles. The quantitative estimate of drug-likeness (QED) is 0.768. The van der Waals surface area contributed by atoms with E-state index in [0.717, 1.165) is 6.54 Å². The van der Waals surface area contributed by atoms with Crippen molar-refractivity contribution < 1.29 is 13.5 Å². The van der Waals surface area contributed by atoms with Crippen molar-refractivity contribution in [2.45, 2.75) is 23.8 Å². The molecule has 0 amide bonds. The molecule has 1 unspecified atom stereocenters. The second-order valence-corrected chi connectivity index (χ2v) is 8.28. The highest BCUT2D eigenvalue weighted by atomic mass is 32.2. The van der Waals surface area contributed by atoms with Crippen LogP contribution in [0, 0.1) is 0 Å². The fourth-order valence-corrected chi connectivity index (χ4v) is 3.89. The number of likely N-dealkylation sites (tertiary alicyclic amines) is 1. The molecule has 1 aromatic rings. The Bertz CT molecular complexity index is 641. The lowest BCUT2D eigenvalue weighted by Crippen LogP contribution is -2.32. The van der Waals surface area contributed by atoms with Gasteiger partial charge in [-0.25, -0.2) is 8.42 Å². The molecule has 1 atom stereocenters. The van der Waals surface area contributed by atoms with E-state index in [1.807, 2.05) is 4.90 Å². The second kappa shape index (κ2) is 6.00. The summed E-state index contributed by atoms with van der Waals surface area (Å²) in [6.45, 7) is 3.41. The molecule has 0 saturated carbocycles. The number of aliphatic hydroxyl groups is 1. The molecule has 21 heavy (non-hydrogen) atoms. The Labute approximate surface area is 130 Å². The fourth-order valence-electron chi connectivity index (χ4n) is 2.44. The molecule has 7 heteroatoms. The van der Waals surface area contributed by atoms with Crippen LogP contribution >= 0.6 is 12.2 Å². The predicted octanol–water partition coefficient (Wildman–Crippen LogP) is 0.551. The number of hydrogen-bond donors (Lipinski definition) is 2. The summed E-state index contributed by atoms with van der Waals surface area (Å²) in [7, 11) is -3.38. The van der Waals surface area contributed by atoms with E-state index < -0.39 is 15.4 Å². The first-order valence-electron chi connectivity index (χ1n) is 6.77. The molecule has 0 radical (unpaired) electrons. The van der Waals surface area contributed by atoms with Gasteiger partial charge in [-0.05, 0) is 25.5 Å². The molecule has 1 aliphatic rings. The van der Waals surface area contributed by atoms with Crippen LogP contribution in [0.3, 0.4) is 0 Å². The first-order chi connectivity index (χ1) is 9.70. The van der Waals surface area contributed by atoms with Crippen LogP contribution in [0.1, 0.15) is 18.9 Å². The van der Waals surface area contributed by atoms with Crippen molar-refractivity contribution in [1.29, 1.82) is 0 Å². The molecule has 1 heterocycles. The average Bonchev–Trinajstić information content (AvgIpc) is 2.76. The Morgan fingerprint density at radius 1 is 1.52 bits per heavy atom. The molecule has 1 aromatic carbocycles. The highest BCUT2D eigenvalue weighted by molar-refractivity contribution is 7.91. The zero-order valence-corrected chi connectivity index (χ0v) is 13.6. The molecule has 1 aliphatic heterocycles. The second-order valence-electron chi connectivity index (χ2n) is 5.73. The monoisotopic (exact) mass is 328 g/mol. The molecule has 3 N–H and O–H groups in total. The van der Waals surface area contributed by atoms with Gasteiger partial charge in [-0.2, -0.15) is 0 Å². The van der Waals surface area contributed by atoms with E-state index in [-0.39, 0.29) is 15.6 Å². The van der Waals surface area contributed by atoms with Gasteiger partial charge in [0.05, 0.1) is 16.2 Å². The van der Waals surface area contributed by atoms with Gasteiger partial charge in [-0.3, -0.25) is 4.90 Å². The van der Waals surface area contributed by atoms with Gasteiger partial charge in [0, 0.05) is 25.2 Å². The molecule has 1 fully saturated rings. The van der Waals surface area contributed by atoms with E-state index in [9.17, 15) is 13.5 Å². The maximum atomic E-state index is 12.4. The van der Waals surface area contributed by atoms with Gasteiger partial charge < -0.3 is 10.8 Å². The Kier molecular flexibility index (Phi) is 4.67. The van der Waals surface area contributed by atoms with Gasteiger partial charge in [0.25, 0.3) is 0 Å². The normalized spacial score (nSPS) is 23.3. The summed E-state index contributed by atoms with van der Waals surface area (Å²) in [5.74, 6) is 0.0177. The van der Waals surface area contributed by atoms with Crippen LogP contribution in [0.25, 0.3) is 0 Å². The van der Waals surface area contributed by atoms with Crippen molar-refractivity contribution in [1.82, 2.24) is 4.90 Å². The van der Waals surface area contributed by atoms with Gasteiger partial charge in [-0.15, -0.1) is 0 Å².